The van der Waals surface area contributed by atoms with Crippen molar-refractivity contribution in [3.05, 3.63) is 23.3 Å². The average Bonchev–Trinajstić information content (AvgIpc) is 3.06. The average molecular weight is 429 g/mol. The van der Waals surface area contributed by atoms with Gasteiger partial charge in [-0.2, -0.15) is 0 Å². The first-order valence-corrected chi connectivity index (χ1v) is 11.8. The molecule has 2 saturated carbocycles. The van der Waals surface area contributed by atoms with Crippen molar-refractivity contribution in [3.8, 4) is 0 Å². The summed E-state index contributed by atoms with van der Waals surface area (Å²) in [4.78, 5) is 35.2. The molecule has 0 aromatic heterocycles. The summed E-state index contributed by atoms with van der Waals surface area (Å²) in [6.45, 7) is 9.52. The van der Waals surface area contributed by atoms with Crippen LogP contribution >= 0.6 is 0 Å². The maximum Gasteiger partial charge on any atom is 0.302 e. The fourth-order valence-electron chi connectivity index (χ4n) is 7.64. The standard InChI is InChI=1S/C26H36O5/c1-15(14-27)21-8-9-22-20-7-6-18-12-19(30-16(2)28)10-11-25(18,4)23(20)13-24(26(21,22)5)31-17(3)29/h6,8,14-15,19-20,22-24H,7,9-13H2,1-5H3/t15-,19+,20+,22+,23+,24-,25+,26-/m1/s1. The Kier molecular flexibility index (Phi) is 5.68. The van der Waals surface area contributed by atoms with E-state index in [4.69, 9.17) is 9.47 Å². The van der Waals surface area contributed by atoms with Crippen LogP contribution in [0.25, 0.3) is 0 Å². The van der Waals surface area contributed by atoms with Crippen molar-refractivity contribution in [3.63, 3.8) is 0 Å². The lowest BCUT2D eigenvalue weighted by molar-refractivity contribution is -0.169. The van der Waals surface area contributed by atoms with E-state index in [9.17, 15) is 14.4 Å². The van der Waals surface area contributed by atoms with E-state index in [0.29, 0.717) is 17.8 Å². The van der Waals surface area contributed by atoms with E-state index in [1.807, 2.05) is 6.92 Å². The van der Waals surface area contributed by atoms with E-state index in [1.165, 1.54) is 19.4 Å². The maximum absolute atomic E-state index is 12.1. The highest BCUT2D eigenvalue weighted by Crippen LogP contribution is 2.66. The molecule has 0 spiro atoms. The third-order valence-electron chi connectivity index (χ3n) is 9.11. The Balaban J connectivity index is 1.68. The Labute approximate surface area is 185 Å². The van der Waals surface area contributed by atoms with Gasteiger partial charge in [0.15, 0.2) is 0 Å². The number of aldehydes is 1. The minimum atomic E-state index is -0.288. The van der Waals surface area contributed by atoms with E-state index < -0.39 is 0 Å². The molecule has 8 atom stereocenters. The van der Waals surface area contributed by atoms with Crippen molar-refractivity contribution < 1.29 is 23.9 Å². The molecule has 0 aromatic carbocycles. The first-order chi connectivity index (χ1) is 14.6. The van der Waals surface area contributed by atoms with Gasteiger partial charge in [-0.05, 0) is 55.3 Å². The van der Waals surface area contributed by atoms with Crippen LogP contribution in [0.1, 0.15) is 73.1 Å². The summed E-state index contributed by atoms with van der Waals surface area (Å²) >= 11 is 0. The minimum absolute atomic E-state index is 0.0281. The van der Waals surface area contributed by atoms with Gasteiger partial charge in [0.2, 0.25) is 0 Å². The SMILES string of the molecule is CC(=O)O[C@H]1CC[C@@]2(C)C(=CC[C@H]3[C@@H]4CC=C([C@H](C)C=O)[C@@]4(C)[C@H](OC(C)=O)C[C@@H]32)C1. The molecule has 0 N–H and O–H groups in total. The Morgan fingerprint density at radius 2 is 1.81 bits per heavy atom. The van der Waals surface area contributed by atoms with Crippen molar-refractivity contribution in [1.82, 2.24) is 0 Å². The van der Waals surface area contributed by atoms with E-state index in [-0.39, 0.29) is 40.9 Å². The van der Waals surface area contributed by atoms with Crippen molar-refractivity contribution in [2.45, 2.75) is 85.4 Å². The fraction of sp³-hybridized carbons (Fsp3) is 0.731. The zero-order valence-electron chi connectivity index (χ0n) is 19.5. The second-order valence-electron chi connectivity index (χ2n) is 10.7. The highest BCUT2D eigenvalue weighted by molar-refractivity contribution is 5.67. The molecule has 0 aliphatic heterocycles. The molecule has 0 aromatic rings. The molecule has 170 valence electrons. The Bertz CT molecular complexity index is 841. The fourth-order valence-corrected chi connectivity index (χ4v) is 7.64. The summed E-state index contributed by atoms with van der Waals surface area (Å²) in [6.07, 6.45) is 10.9. The molecule has 5 heteroatoms. The van der Waals surface area contributed by atoms with Gasteiger partial charge >= 0.3 is 11.9 Å². The van der Waals surface area contributed by atoms with Crippen LogP contribution in [-0.2, 0) is 23.9 Å². The number of rotatable bonds is 4. The zero-order chi connectivity index (χ0) is 22.6. The molecule has 31 heavy (non-hydrogen) atoms. The van der Waals surface area contributed by atoms with Gasteiger partial charge in [0, 0.05) is 31.6 Å². The topological polar surface area (TPSA) is 69.7 Å². The number of carbonyl (C=O) groups excluding carboxylic acids is 3. The van der Waals surface area contributed by atoms with E-state index in [0.717, 1.165) is 50.4 Å². The predicted molar refractivity (Wildman–Crippen MR) is 117 cm³/mol. The Morgan fingerprint density at radius 1 is 1.10 bits per heavy atom. The molecule has 0 saturated heterocycles. The van der Waals surface area contributed by atoms with Gasteiger partial charge in [-0.3, -0.25) is 9.59 Å². The number of ether oxygens (including phenoxy) is 2. The summed E-state index contributed by atoms with van der Waals surface area (Å²) in [5, 5.41) is 0. The first kappa shape index (κ1) is 22.3. The number of esters is 2. The summed E-state index contributed by atoms with van der Waals surface area (Å²) in [6, 6.07) is 0. The molecule has 0 radical (unpaired) electrons. The molecule has 0 amide bonds. The minimum Gasteiger partial charge on any atom is -0.462 e. The van der Waals surface area contributed by atoms with E-state index in [1.54, 1.807) is 0 Å². The van der Waals surface area contributed by atoms with Gasteiger partial charge in [-0.25, -0.2) is 0 Å². The molecular formula is C26H36O5. The molecule has 2 fully saturated rings. The van der Waals surface area contributed by atoms with Gasteiger partial charge in [0.25, 0.3) is 0 Å². The van der Waals surface area contributed by atoms with Crippen molar-refractivity contribution >= 4 is 18.2 Å². The molecule has 0 bridgehead atoms. The van der Waals surface area contributed by atoms with Gasteiger partial charge in [-0.1, -0.05) is 44.1 Å². The van der Waals surface area contributed by atoms with Crippen LogP contribution in [-0.4, -0.2) is 30.4 Å². The van der Waals surface area contributed by atoms with Crippen LogP contribution in [0.4, 0.5) is 0 Å². The van der Waals surface area contributed by atoms with Crippen molar-refractivity contribution in [2.75, 3.05) is 0 Å². The van der Waals surface area contributed by atoms with Crippen molar-refractivity contribution in [1.29, 1.82) is 0 Å². The van der Waals surface area contributed by atoms with Gasteiger partial charge in [0.05, 0.1) is 0 Å². The van der Waals surface area contributed by atoms with Crippen LogP contribution in [0.5, 0.6) is 0 Å². The predicted octanol–water partition coefficient (Wildman–Crippen LogP) is 4.79. The van der Waals surface area contributed by atoms with Crippen molar-refractivity contribution in [2.24, 2.45) is 34.5 Å². The lowest BCUT2D eigenvalue weighted by Crippen LogP contribution is -2.56. The molecule has 0 unspecified atom stereocenters. The quantitative estimate of drug-likeness (QED) is 0.366. The number of hydrogen-bond donors (Lipinski definition) is 0. The van der Waals surface area contributed by atoms with E-state index in [2.05, 4.69) is 26.0 Å². The highest BCUT2D eigenvalue weighted by Gasteiger charge is 2.62. The molecule has 0 heterocycles. The number of carbonyl (C=O) groups is 3. The molecule has 4 aliphatic carbocycles. The van der Waals surface area contributed by atoms with Gasteiger partial charge < -0.3 is 14.3 Å². The monoisotopic (exact) mass is 428 g/mol. The summed E-state index contributed by atoms with van der Waals surface area (Å²) in [5.41, 5.74) is 2.31. The Morgan fingerprint density at radius 3 is 2.45 bits per heavy atom. The second-order valence-corrected chi connectivity index (χ2v) is 10.7. The lowest BCUT2D eigenvalue weighted by atomic mass is 9.46. The number of fused-ring (bicyclic) bond motifs is 5. The van der Waals surface area contributed by atoms with E-state index >= 15 is 0 Å². The Hall–Kier alpha value is -1.91. The van der Waals surface area contributed by atoms with Crippen LogP contribution in [0.2, 0.25) is 0 Å². The van der Waals surface area contributed by atoms with Crippen LogP contribution in [0.3, 0.4) is 0 Å². The normalized spacial score (nSPS) is 42.2. The lowest BCUT2D eigenvalue weighted by Gasteiger charge is -2.59. The summed E-state index contributed by atoms with van der Waals surface area (Å²) in [5.74, 6) is 0.683. The van der Waals surface area contributed by atoms with Crippen LogP contribution in [0.15, 0.2) is 23.3 Å². The first-order valence-electron chi connectivity index (χ1n) is 11.8. The molecule has 4 aliphatic rings. The smallest absolute Gasteiger partial charge is 0.302 e. The largest absolute Gasteiger partial charge is 0.462 e. The molecule has 5 nitrogen and oxygen atoms in total. The maximum atomic E-state index is 12.1. The zero-order valence-corrected chi connectivity index (χ0v) is 19.5. The van der Waals surface area contributed by atoms with Gasteiger partial charge in [0.1, 0.15) is 18.5 Å². The third kappa shape index (κ3) is 3.48. The van der Waals surface area contributed by atoms with Crippen LogP contribution in [0, 0.1) is 34.5 Å². The van der Waals surface area contributed by atoms with Gasteiger partial charge in [-0.15, -0.1) is 0 Å². The number of hydrogen-bond acceptors (Lipinski definition) is 5. The highest BCUT2D eigenvalue weighted by atomic mass is 16.5. The summed E-state index contributed by atoms with van der Waals surface area (Å²) in [7, 11) is 0. The third-order valence-corrected chi connectivity index (χ3v) is 9.11. The van der Waals surface area contributed by atoms with Crippen LogP contribution < -0.4 is 0 Å². The molecule has 4 rings (SSSR count). The second kappa shape index (κ2) is 7.90. The summed E-state index contributed by atoms with van der Waals surface area (Å²) < 4.78 is 11.5. The number of allylic oxidation sites excluding steroid dienone is 2. The molecular weight excluding hydrogens is 392 g/mol.